The molecule has 0 unspecified atom stereocenters. The van der Waals surface area contributed by atoms with Crippen molar-refractivity contribution in [2.24, 2.45) is 12.5 Å². The van der Waals surface area contributed by atoms with Crippen LogP contribution in [0, 0.1) is 5.41 Å². The third-order valence-corrected chi connectivity index (χ3v) is 7.77. The van der Waals surface area contributed by atoms with E-state index in [0.717, 1.165) is 30.4 Å². The van der Waals surface area contributed by atoms with Crippen LogP contribution in [0.15, 0.2) is 36.8 Å². The lowest BCUT2D eigenvalue weighted by Gasteiger charge is -2.40. The number of benzene rings is 1. The van der Waals surface area contributed by atoms with Crippen LogP contribution >= 0.6 is 0 Å². The summed E-state index contributed by atoms with van der Waals surface area (Å²) in [6, 6.07) is 5.14. The van der Waals surface area contributed by atoms with Gasteiger partial charge in [-0.25, -0.2) is 4.98 Å². The summed E-state index contributed by atoms with van der Waals surface area (Å²) in [5.74, 6) is 0.794. The summed E-state index contributed by atoms with van der Waals surface area (Å²) in [7, 11) is 1.82. The zero-order valence-electron chi connectivity index (χ0n) is 20.5. The number of rotatable bonds is 6. The first-order valence-corrected chi connectivity index (χ1v) is 12.6. The molecule has 2 fully saturated rings. The molecule has 2 saturated carbocycles. The summed E-state index contributed by atoms with van der Waals surface area (Å²) in [5, 5.41) is 23.4. The lowest BCUT2D eigenvalue weighted by atomic mass is 9.76. The van der Waals surface area contributed by atoms with E-state index in [-0.39, 0.29) is 42.9 Å². The maximum absolute atomic E-state index is 14.2. The molecule has 0 aliphatic heterocycles. The van der Waals surface area contributed by atoms with E-state index in [0.29, 0.717) is 24.2 Å². The second-order valence-electron chi connectivity index (χ2n) is 10.1. The Morgan fingerprint density at radius 2 is 1.89 bits per heavy atom. The minimum absolute atomic E-state index is 0.0200. The van der Waals surface area contributed by atoms with Crippen LogP contribution in [-0.4, -0.2) is 48.3 Å². The van der Waals surface area contributed by atoms with E-state index >= 15 is 0 Å². The van der Waals surface area contributed by atoms with Gasteiger partial charge in [0.05, 0.1) is 23.4 Å². The van der Waals surface area contributed by atoms with E-state index in [2.05, 4.69) is 20.3 Å². The van der Waals surface area contributed by atoms with Crippen molar-refractivity contribution in [1.29, 1.82) is 0 Å². The molecule has 2 aromatic heterocycles. The highest BCUT2D eigenvalue weighted by molar-refractivity contribution is 5.72. The van der Waals surface area contributed by atoms with E-state index in [9.17, 15) is 18.3 Å². The van der Waals surface area contributed by atoms with Gasteiger partial charge in [0.15, 0.2) is 11.6 Å². The number of anilines is 1. The Kier molecular flexibility index (Phi) is 6.38. The average molecular weight is 501 g/mol. The van der Waals surface area contributed by atoms with E-state index in [1.165, 1.54) is 0 Å². The predicted molar refractivity (Wildman–Crippen MR) is 130 cm³/mol. The van der Waals surface area contributed by atoms with Crippen molar-refractivity contribution in [2.75, 3.05) is 4.90 Å². The van der Waals surface area contributed by atoms with Crippen molar-refractivity contribution < 1.29 is 18.3 Å². The summed E-state index contributed by atoms with van der Waals surface area (Å²) in [5.41, 5.74) is 0.464. The van der Waals surface area contributed by atoms with E-state index in [4.69, 9.17) is 0 Å². The molecular weight excluding hydrogens is 469 g/mol. The monoisotopic (exact) mass is 500 g/mol. The molecule has 36 heavy (non-hydrogen) atoms. The van der Waals surface area contributed by atoms with Crippen LogP contribution in [0.1, 0.15) is 58.3 Å². The van der Waals surface area contributed by atoms with Crippen LogP contribution in [0.5, 0.6) is 5.75 Å². The number of aryl methyl sites for hydroxylation is 1. The van der Waals surface area contributed by atoms with Crippen molar-refractivity contribution in [3.63, 3.8) is 0 Å². The van der Waals surface area contributed by atoms with Gasteiger partial charge in [-0.1, -0.05) is 25.8 Å². The van der Waals surface area contributed by atoms with Gasteiger partial charge in [0.25, 0.3) is 0 Å². The summed E-state index contributed by atoms with van der Waals surface area (Å²) in [4.78, 5) is 6.50. The second kappa shape index (κ2) is 9.37. The largest absolute Gasteiger partial charge is 0.507 e. The van der Waals surface area contributed by atoms with E-state index < -0.39 is 11.6 Å². The van der Waals surface area contributed by atoms with Gasteiger partial charge in [0.1, 0.15) is 5.75 Å². The van der Waals surface area contributed by atoms with Crippen LogP contribution < -0.4 is 4.90 Å². The van der Waals surface area contributed by atoms with Crippen molar-refractivity contribution >= 4 is 5.82 Å². The predicted octanol–water partition coefficient (Wildman–Crippen LogP) is 5.90. The molecule has 0 radical (unpaired) electrons. The number of aromatic nitrogens is 5. The molecule has 0 spiro atoms. The molecule has 1 N–H and O–H groups in total. The number of hydrogen-bond donors (Lipinski definition) is 1. The summed E-state index contributed by atoms with van der Waals surface area (Å²) >= 11 is 0. The summed E-state index contributed by atoms with van der Waals surface area (Å²) < 4.78 is 44.2. The first kappa shape index (κ1) is 24.5. The summed E-state index contributed by atoms with van der Waals surface area (Å²) in [6.07, 6.45) is 5.18. The van der Waals surface area contributed by atoms with Gasteiger partial charge >= 0.3 is 6.18 Å². The van der Waals surface area contributed by atoms with Gasteiger partial charge < -0.3 is 10.0 Å². The summed E-state index contributed by atoms with van der Waals surface area (Å²) in [6.45, 7) is 1.65. The molecule has 2 heterocycles. The smallest absolute Gasteiger partial charge is 0.394 e. The average Bonchev–Trinajstić information content (AvgIpc) is 3.63. The number of alkyl halides is 3. The zero-order chi connectivity index (χ0) is 25.5. The number of phenolic OH excluding ortho intramolecular Hbond substituents is 1. The van der Waals surface area contributed by atoms with Crippen LogP contribution in [0.4, 0.5) is 19.0 Å². The normalized spacial score (nSPS) is 22.9. The molecule has 5 rings (SSSR count). The van der Waals surface area contributed by atoms with Crippen LogP contribution in [0.2, 0.25) is 0 Å². The standard InChI is InChI=1S/C26H31F3N6O/c1-3-25(26(27,28)29)11-5-4-6-20(13-25)35(19-8-9-19)23-15-30-24(33-32-23)21-10-7-17(12-22(21)36)18-14-31-34(2)16-18/h7,10,12,14-16,19-20,36H,3-6,8-9,11,13H2,1-2H3/t20-,25-/m0/s1. The van der Waals surface area contributed by atoms with Gasteiger partial charge in [-0.2, -0.15) is 18.3 Å². The Balaban J connectivity index is 1.41. The fourth-order valence-corrected chi connectivity index (χ4v) is 5.52. The number of phenols is 1. The van der Waals surface area contributed by atoms with Gasteiger partial charge in [-0.15, -0.1) is 10.2 Å². The van der Waals surface area contributed by atoms with Crippen molar-refractivity contribution in [3.05, 3.63) is 36.8 Å². The van der Waals surface area contributed by atoms with Crippen LogP contribution in [-0.2, 0) is 7.05 Å². The van der Waals surface area contributed by atoms with Crippen molar-refractivity contribution in [2.45, 2.75) is 76.6 Å². The Bertz CT molecular complexity index is 1210. The van der Waals surface area contributed by atoms with E-state index in [1.807, 2.05) is 24.2 Å². The minimum Gasteiger partial charge on any atom is -0.507 e. The van der Waals surface area contributed by atoms with E-state index in [1.54, 1.807) is 36.1 Å². The Morgan fingerprint density at radius 1 is 1.08 bits per heavy atom. The topological polar surface area (TPSA) is 80.0 Å². The maximum atomic E-state index is 14.2. The van der Waals surface area contributed by atoms with Gasteiger partial charge in [0, 0.05) is 30.9 Å². The first-order valence-electron chi connectivity index (χ1n) is 12.6. The first-order chi connectivity index (χ1) is 17.2. The molecule has 2 atom stereocenters. The highest BCUT2D eigenvalue weighted by Crippen LogP contribution is 2.52. The molecule has 1 aromatic carbocycles. The number of halogens is 3. The lowest BCUT2D eigenvalue weighted by Crippen LogP contribution is -2.46. The molecule has 2 aliphatic carbocycles. The van der Waals surface area contributed by atoms with Gasteiger partial charge in [-0.3, -0.25) is 4.68 Å². The van der Waals surface area contributed by atoms with Gasteiger partial charge in [-0.05, 0) is 56.2 Å². The van der Waals surface area contributed by atoms with Crippen LogP contribution in [0.25, 0.3) is 22.5 Å². The zero-order valence-corrected chi connectivity index (χ0v) is 20.5. The third-order valence-electron chi connectivity index (χ3n) is 7.77. The molecule has 192 valence electrons. The van der Waals surface area contributed by atoms with Gasteiger partial charge in [0.2, 0.25) is 0 Å². The molecule has 0 amide bonds. The number of aromatic hydroxyl groups is 1. The van der Waals surface area contributed by atoms with Crippen molar-refractivity contribution in [3.8, 4) is 28.3 Å². The highest BCUT2D eigenvalue weighted by Gasteiger charge is 2.55. The number of hydrogen-bond acceptors (Lipinski definition) is 6. The SMILES string of the molecule is CC[C@]1(C(F)(F)F)CCCC[C@H](N(c2cnc(-c3ccc(-c4cnn(C)c4)cc3O)nn2)C2CC2)C1. The molecule has 10 heteroatoms. The lowest BCUT2D eigenvalue weighted by molar-refractivity contribution is -0.231. The van der Waals surface area contributed by atoms with Crippen LogP contribution in [0.3, 0.4) is 0 Å². The molecule has 7 nitrogen and oxygen atoms in total. The molecule has 0 bridgehead atoms. The minimum atomic E-state index is -4.23. The molecule has 3 aromatic rings. The third kappa shape index (κ3) is 4.65. The van der Waals surface area contributed by atoms with Crippen molar-refractivity contribution in [1.82, 2.24) is 25.0 Å². The Labute approximate surface area is 208 Å². The quantitative estimate of drug-likeness (QED) is 0.424. The highest BCUT2D eigenvalue weighted by atomic mass is 19.4. The Morgan fingerprint density at radius 3 is 2.47 bits per heavy atom. The maximum Gasteiger partial charge on any atom is 0.394 e. The fraction of sp³-hybridized carbons (Fsp3) is 0.538. The molecule has 0 saturated heterocycles. The Hall–Kier alpha value is -3.17. The fourth-order valence-electron chi connectivity index (χ4n) is 5.52. The second-order valence-corrected chi connectivity index (χ2v) is 10.1. The molecular formula is C26H31F3N6O. The number of nitrogens with zero attached hydrogens (tertiary/aromatic N) is 6. The molecule has 2 aliphatic rings.